The van der Waals surface area contributed by atoms with Crippen LogP contribution < -0.4 is 18.9 Å². The summed E-state index contributed by atoms with van der Waals surface area (Å²) in [5.41, 5.74) is 8.58. The van der Waals surface area contributed by atoms with E-state index in [-0.39, 0.29) is 0 Å². The third kappa shape index (κ3) is 12.0. The second-order valence-electron chi connectivity index (χ2n) is 17.1. The summed E-state index contributed by atoms with van der Waals surface area (Å²) in [5.74, 6) is 1.22. The molecule has 0 saturated carbocycles. The first-order chi connectivity index (χ1) is 39.2. The summed E-state index contributed by atoms with van der Waals surface area (Å²) in [6.07, 6.45) is 6.48. The minimum atomic E-state index is 0.290. The lowest BCUT2D eigenvalue weighted by Crippen LogP contribution is -1.97. The van der Waals surface area contributed by atoms with Crippen LogP contribution in [-0.4, -0.2) is 55.8 Å². The number of aryl methyl sites for hydroxylation is 2. The van der Waals surface area contributed by atoms with Crippen molar-refractivity contribution in [2.75, 3.05) is 0 Å². The van der Waals surface area contributed by atoms with Gasteiger partial charge < -0.3 is 18.9 Å². The van der Waals surface area contributed by atoms with Gasteiger partial charge in [-0.15, -0.1) is 68.0 Å². The fraction of sp³-hybridized carbons (Fsp3) is 0.0333. The van der Waals surface area contributed by atoms with Crippen molar-refractivity contribution in [3.63, 3.8) is 0 Å². The van der Waals surface area contributed by atoms with Crippen molar-refractivity contribution in [1.29, 1.82) is 0 Å². The zero-order valence-corrected chi connectivity index (χ0v) is 46.8. The highest BCUT2D eigenvalue weighted by Crippen LogP contribution is 2.44. The molecule has 0 amide bonds. The zero-order valence-electron chi connectivity index (χ0n) is 41.9. The van der Waals surface area contributed by atoms with Crippen molar-refractivity contribution in [1.82, 2.24) is 29.9 Å². The fourth-order valence-electron chi connectivity index (χ4n) is 8.32. The molecule has 0 aromatic carbocycles. The van der Waals surface area contributed by atoms with Gasteiger partial charge in [-0.3, -0.25) is 39.1 Å². The molecule has 12 aromatic rings. The molecule has 20 heteroatoms. The van der Waals surface area contributed by atoms with Gasteiger partial charge >= 0.3 is 0 Å². The van der Waals surface area contributed by atoms with Gasteiger partial charge in [0, 0.05) is 116 Å². The molecule has 0 radical (unpaired) electrons. The van der Waals surface area contributed by atoms with Gasteiger partial charge in [-0.05, 0) is 138 Å². The van der Waals surface area contributed by atoms with Crippen LogP contribution in [-0.2, 0) is 19.2 Å². The molecule has 12 heterocycles. The summed E-state index contributed by atoms with van der Waals surface area (Å²) < 4.78 is 20.2. The average molecular weight is 1160 g/mol. The molecule has 80 heavy (non-hydrogen) atoms. The number of carbonyl (C=O) groups is 4. The molecule has 12 aromatic heterocycles. The van der Waals surface area contributed by atoms with Crippen LogP contribution >= 0.6 is 68.0 Å². The van der Waals surface area contributed by atoms with Crippen LogP contribution in [0.15, 0.2) is 169 Å². The first-order valence-corrected chi connectivity index (χ1v) is 29.1. The Labute approximate surface area is 481 Å². The lowest BCUT2D eigenvalue weighted by molar-refractivity contribution is -0.121. The molecule has 0 bridgehead atoms. The fourth-order valence-corrected chi connectivity index (χ4v) is 14.5. The van der Waals surface area contributed by atoms with Gasteiger partial charge in [0.2, 0.25) is 0 Å². The maximum atomic E-state index is 11.1. The first-order valence-electron chi connectivity index (χ1n) is 24.0. The molecular formula is C60H38N6O8S6. The summed E-state index contributed by atoms with van der Waals surface area (Å²) in [6, 6.07) is 42.2. The Morgan fingerprint density at radius 3 is 1.14 bits per heavy atom. The second-order valence-corrected chi connectivity index (χ2v) is 23.5. The normalized spacial score (nSPS) is 10.8. The Kier molecular flexibility index (Phi) is 16.1. The second kappa shape index (κ2) is 24.3. The Balaban J connectivity index is 0.000000169. The summed E-state index contributed by atoms with van der Waals surface area (Å²) >= 11 is 10.6. The molecule has 0 saturated heterocycles. The number of aromatic nitrogens is 6. The Hall–Kier alpha value is -9.02. The van der Waals surface area contributed by atoms with Crippen LogP contribution in [0.1, 0.15) is 10.4 Å². The average Bonchev–Trinajstić information content (AvgIpc) is 4.40. The summed E-state index contributed by atoms with van der Waals surface area (Å²) in [7, 11) is 0. The van der Waals surface area contributed by atoms with Crippen molar-refractivity contribution in [3.8, 4) is 129 Å². The van der Waals surface area contributed by atoms with Crippen LogP contribution in [0.25, 0.3) is 106 Å². The molecule has 392 valence electrons. The van der Waals surface area contributed by atoms with Crippen molar-refractivity contribution >= 4 is 93.9 Å². The van der Waals surface area contributed by atoms with Crippen LogP contribution in [0.3, 0.4) is 0 Å². The number of rotatable bonds is 18. The standard InChI is InChI=1S/2C30H19N3O4S3/c1-18-22(8-11-38-18)28-3-5-30(40-28)29-4-2-27(39-29)19-6-9-31-23(12-19)25-14-21(37-17-35)15-26(33-25)24-13-20(36-16-34)7-10-32-24;1-18-8-11-38-30(18)29-5-4-28(40-29)27-3-2-26(39-27)19-6-9-31-22(12-19)24-14-21(37-17-35)15-25(33-24)23-13-20(36-16-34)7-10-32-23/h2*2-17H,1H3. The molecule has 0 aliphatic carbocycles. The van der Waals surface area contributed by atoms with Gasteiger partial charge in [-0.2, -0.15) is 0 Å². The van der Waals surface area contributed by atoms with E-state index in [2.05, 4.69) is 105 Å². The van der Waals surface area contributed by atoms with Gasteiger partial charge in [0.05, 0.1) is 45.6 Å². The zero-order chi connectivity index (χ0) is 55.0. The van der Waals surface area contributed by atoms with Crippen LogP contribution in [0.5, 0.6) is 23.0 Å². The molecule has 0 atom stereocenters. The Morgan fingerprint density at radius 1 is 0.350 bits per heavy atom. The van der Waals surface area contributed by atoms with Gasteiger partial charge in [0.25, 0.3) is 25.9 Å². The lowest BCUT2D eigenvalue weighted by atomic mass is 10.1. The van der Waals surface area contributed by atoms with Crippen LogP contribution in [0.4, 0.5) is 0 Å². The molecule has 0 fully saturated rings. The van der Waals surface area contributed by atoms with E-state index < -0.39 is 0 Å². The SMILES string of the molecule is Cc1ccsc1-c1ccc(-c2ccc(-c3ccnc(-c4cc(OC=O)cc(-c5cc(OC=O)ccn5)n4)c3)s2)s1.Cc1sccc1-c1ccc(-c2ccc(-c3ccnc(-c4cc(OC=O)cc(-c5cc(OC=O)ccn5)n4)c3)s2)s1. The smallest absolute Gasteiger partial charge is 0.298 e. The molecule has 0 aliphatic rings. The molecule has 0 aliphatic heterocycles. The Morgan fingerprint density at radius 2 is 0.713 bits per heavy atom. The lowest BCUT2D eigenvalue weighted by Gasteiger charge is -2.09. The van der Waals surface area contributed by atoms with E-state index in [9.17, 15) is 19.2 Å². The monoisotopic (exact) mass is 1160 g/mol. The molecule has 0 unspecified atom stereocenters. The number of nitrogens with zero attached hydrogens (tertiary/aromatic N) is 6. The van der Waals surface area contributed by atoms with E-state index in [1.807, 2.05) is 24.3 Å². The van der Waals surface area contributed by atoms with Crippen molar-refractivity contribution < 1.29 is 38.1 Å². The van der Waals surface area contributed by atoms with E-state index in [1.54, 1.807) is 129 Å². The number of hydrogen-bond donors (Lipinski definition) is 0. The highest BCUT2D eigenvalue weighted by molar-refractivity contribution is 7.27. The van der Waals surface area contributed by atoms with E-state index >= 15 is 0 Å². The van der Waals surface area contributed by atoms with E-state index in [0.29, 0.717) is 94.4 Å². The van der Waals surface area contributed by atoms with Crippen LogP contribution in [0.2, 0.25) is 0 Å². The molecular weight excluding hydrogens is 1130 g/mol. The van der Waals surface area contributed by atoms with Crippen molar-refractivity contribution in [3.05, 3.63) is 179 Å². The largest absolute Gasteiger partial charge is 0.429 e. The number of ether oxygens (including phenoxy) is 4. The van der Waals surface area contributed by atoms with Crippen molar-refractivity contribution in [2.45, 2.75) is 13.8 Å². The quantitative estimate of drug-likeness (QED) is 0.0740. The maximum Gasteiger partial charge on any atom is 0.298 e. The number of hydrogen-bond acceptors (Lipinski definition) is 20. The molecule has 12 rings (SSSR count). The summed E-state index contributed by atoms with van der Waals surface area (Å²) in [5, 5.41) is 4.26. The van der Waals surface area contributed by atoms with E-state index in [0.717, 1.165) is 20.9 Å². The Bertz CT molecular complexity index is 3950. The summed E-state index contributed by atoms with van der Waals surface area (Å²) in [4.78, 5) is 83.2. The predicted molar refractivity (Wildman–Crippen MR) is 318 cm³/mol. The first kappa shape index (κ1) is 53.0. The minimum absolute atomic E-state index is 0.290. The van der Waals surface area contributed by atoms with E-state index in [1.165, 1.54) is 62.5 Å². The predicted octanol–water partition coefficient (Wildman–Crippen LogP) is 15.5. The topological polar surface area (TPSA) is 183 Å². The minimum Gasteiger partial charge on any atom is -0.429 e. The number of pyridine rings is 6. The summed E-state index contributed by atoms with van der Waals surface area (Å²) in [6.45, 7) is 5.69. The van der Waals surface area contributed by atoms with E-state index in [4.69, 9.17) is 28.9 Å². The highest BCUT2D eigenvalue weighted by atomic mass is 32.1. The maximum absolute atomic E-state index is 11.1. The molecule has 0 N–H and O–H groups in total. The van der Waals surface area contributed by atoms with Gasteiger partial charge in [0.15, 0.2) is 0 Å². The van der Waals surface area contributed by atoms with Gasteiger partial charge in [-0.1, -0.05) is 0 Å². The van der Waals surface area contributed by atoms with Crippen molar-refractivity contribution in [2.24, 2.45) is 0 Å². The molecule has 0 spiro atoms. The number of carbonyl (C=O) groups excluding carboxylic acids is 4. The van der Waals surface area contributed by atoms with Gasteiger partial charge in [-0.25, -0.2) is 9.97 Å². The third-order valence-corrected chi connectivity index (χ3v) is 19.0. The number of thiophene rings is 6. The van der Waals surface area contributed by atoms with Gasteiger partial charge in [0.1, 0.15) is 23.0 Å². The molecule has 14 nitrogen and oxygen atoms in total. The highest BCUT2D eigenvalue weighted by Gasteiger charge is 2.17. The third-order valence-electron chi connectivity index (χ3n) is 12.1. The van der Waals surface area contributed by atoms with Crippen LogP contribution in [0, 0.1) is 13.8 Å².